The van der Waals surface area contributed by atoms with Gasteiger partial charge in [-0.05, 0) is 47.7 Å². The average molecular weight is 781 g/mol. The van der Waals surface area contributed by atoms with Crippen LogP contribution in [0.2, 0.25) is 0 Å². The van der Waals surface area contributed by atoms with Gasteiger partial charge in [-0.3, -0.25) is 0 Å². The van der Waals surface area contributed by atoms with Crippen LogP contribution < -0.4 is 4.74 Å². The van der Waals surface area contributed by atoms with E-state index in [4.69, 9.17) is 9.47 Å². The Bertz CT molecular complexity index is 1460. The Morgan fingerprint density at radius 1 is 0.929 bits per heavy atom. The number of hydrogen-bond acceptors (Lipinski definition) is 4. The second-order valence-electron chi connectivity index (χ2n) is 9.15. The van der Waals surface area contributed by atoms with Crippen molar-refractivity contribution in [3.05, 3.63) is 126 Å². The molecule has 0 radical (unpaired) electrons. The first-order valence-electron chi connectivity index (χ1n) is 13.6. The monoisotopic (exact) mass is 780 g/mol. The van der Waals surface area contributed by atoms with E-state index in [1.54, 1.807) is 30.6 Å². The van der Waals surface area contributed by atoms with Gasteiger partial charge in [-0.2, -0.15) is 48.0 Å². The van der Waals surface area contributed by atoms with Gasteiger partial charge in [-0.1, -0.05) is 67.8 Å². The molecule has 0 aliphatic heterocycles. The summed E-state index contributed by atoms with van der Waals surface area (Å²) < 4.78 is 10.2. The van der Waals surface area contributed by atoms with Crippen molar-refractivity contribution in [1.82, 2.24) is 0 Å². The smallest absolute Gasteiger partial charge is 0.496 e. The number of rotatable bonds is 10. The molecule has 0 aliphatic rings. The van der Waals surface area contributed by atoms with Crippen LogP contribution in [-0.2, 0) is 14.3 Å². The maximum atomic E-state index is 10.7. The normalized spacial score (nSPS) is 9.57. The molecule has 0 aliphatic carbocycles. The van der Waals surface area contributed by atoms with Crippen molar-refractivity contribution in [2.24, 2.45) is 0 Å². The van der Waals surface area contributed by atoms with E-state index in [2.05, 4.69) is 92.9 Å². The van der Waals surface area contributed by atoms with Crippen molar-refractivity contribution in [3.63, 3.8) is 0 Å². The zero-order valence-electron chi connectivity index (χ0n) is 24.1. The summed E-state index contributed by atoms with van der Waals surface area (Å²) in [6, 6.07) is 33.0. The molecule has 4 nitrogen and oxygen atoms in total. The SMILES string of the molecule is C=CC(=O)OCCCOc1ccc([C-]=O)cc1.CCCC#Cc1ccc(-c2ccc(-c3cc[c-]cc3)c(C)c2)cc1.[U+2]. The van der Waals surface area contributed by atoms with Crippen LogP contribution in [0.5, 0.6) is 5.75 Å². The Labute approximate surface area is 273 Å². The van der Waals surface area contributed by atoms with Crippen LogP contribution in [0.15, 0.2) is 104 Å². The molecule has 42 heavy (non-hydrogen) atoms. The third-order valence-electron chi connectivity index (χ3n) is 6.02. The molecule has 0 unspecified atom stereocenters. The van der Waals surface area contributed by atoms with Gasteiger partial charge in [0, 0.05) is 24.5 Å². The van der Waals surface area contributed by atoms with Gasteiger partial charge in [0.1, 0.15) is 0 Å². The summed E-state index contributed by atoms with van der Waals surface area (Å²) in [6.07, 6.45) is 5.56. The summed E-state index contributed by atoms with van der Waals surface area (Å²) in [6.45, 7) is 8.34. The molecule has 4 rings (SSSR count). The molecular weight excluding hydrogens is 746 g/mol. The van der Waals surface area contributed by atoms with Gasteiger partial charge in [-0.15, -0.1) is 5.56 Å². The zero-order valence-corrected chi connectivity index (χ0v) is 28.3. The maximum Gasteiger partial charge on any atom is 2.00 e. The third-order valence-corrected chi connectivity index (χ3v) is 6.02. The Kier molecular flexibility index (Phi) is 15.8. The molecule has 0 bridgehead atoms. The van der Waals surface area contributed by atoms with Crippen molar-refractivity contribution in [1.29, 1.82) is 0 Å². The summed E-state index contributed by atoms with van der Waals surface area (Å²) in [5.41, 5.74) is 7.83. The Hall–Kier alpha value is -3.83. The van der Waals surface area contributed by atoms with Crippen LogP contribution in [0.3, 0.4) is 0 Å². The van der Waals surface area contributed by atoms with E-state index in [-0.39, 0.29) is 31.1 Å². The van der Waals surface area contributed by atoms with Gasteiger partial charge in [0.05, 0.1) is 25.2 Å². The second-order valence-corrected chi connectivity index (χ2v) is 9.15. The fourth-order valence-electron chi connectivity index (χ4n) is 3.87. The number of esters is 1. The summed E-state index contributed by atoms with van der Waals surface area (Å²) in [4.78, 5) is 21.0. The molecule has 0 N–H and O–H groups in total. The summed E-state index contributed by atoms with van der Waals surface area (Å²) >= 11 is 0. The van der Waals surface area contributed by atoms with Crippen molar-refractivity contribution in [2.45, 2.75) is 33.1 Å². The number of carbonyl (C=O) groups is 1. The van der Waals surface area contributed by atoms with E-state index < -0.39 is 5.97 Å². The molecule has 0 atom stereocenters. The maximum absolute atomic E-state index is 10.7. The molecule has 5 heteroatoms. The number of ether oxygens (including phenoxy) is 2. The van der Waals surface area contributed by atoms with E-state index in [1.165, 1.54) is 27.8 Å². The Balaban J connectivity index is 0.000000305. The van der Waals surface area contributed by atoms with Crippen LogP contribution in [0.1, 0.15) is 42.9 Å². The number of hydrogen-bond donors (Lipinski definition) is 0. The summed E-state index contributed by atoms with van der Waals surface area (Å²) in [5.74, 6) is 6.64. The molecular formula is C37H34O4U. The largest absolute Gasteiger partial charge is 2.00 e. The first kappa shape index (κ1) is 34.4. The first-order valence-corrected chi connectivity index (χ1v) is 13.6. The van der Waals surface area contributed by atoms with Crippen LogP contribution in [0, 0.1) is 55.9 Å². The first-order chi connectivity index (χ1) is 20.0. The Morgan fingerprint density at radius 3 is 2.24 bits per heavy atom. The fourth-order valence-corrected chi connectivity index (χ4v) is 3.87. The molecule has 4 aromatic carbocycles. The molecule has 0 spiro atoms. The minimum absolute atomic E-state index is 0. The van der Waals surface area contributed by atoms with Gasteiger partial charge in [0.25, 0.3) is 0 Å². The van der Waals surface area contributed by atoms with Crippen LogP contribution in [-0.4, -0.2) is 25.5 Å². The minimum atomic E-state index is -0.434. The van der Waals surface area contributed by atoms with E-state index in [0.29, 0.717) is 30.9 Å². The van der Waals surface area contributed by atoms with Gasteiger partial charge >= 0.3 is 37.1 Å². The van der Waals surface area contributed by atoms with Gasteiger partial charge < -0.3 is 14.3 Å². The topological polar surface area (TPSA) is 52.6 Å². The van der Waals surface area contributed by atoms with Gasteiger partial charge in [0.15, 0.2) is 0 Å². The molecule has 210 valence electrons. The summed E-state index contributed by atoms with van der Waals surface area (Å²) in [7, 11) is 0. The standard InChI is InChI=1S/C24H21.C13H13O4.U/c1-3-4-6-9-20-12-14-21(15-13-20)23-16-17-24(19(2)18-23)22-10-7-5-8-11-22;1-2-13(15)17-9-3-8-16-12-6-4-11(10-14)5-7-12;/h7-8,10-18H,3-4H2,1-2H3;2,4-7H,1,3,8-9H2;/q2*-1;+2. The number of unbranched alkanes of at least 4 members (excludes halogenated alkanes) is 1. The summed E-state index contributed by atoms with van der Waals surface area (Å²) in [5, 5.41) is 0. The second kappa shape index (κ2) is 19.3. The van der Waals surface area contributed by atoms with Crippen molar-refractivity contribution in [3.8, 4) is 39.8 Å². The molecule has 4 aromatic rings. The van der Waals surface area contributed by atoms with E-state index in [1.807, 2.05) is 12.1 Å². The van der Waals surface area contributed by atoms with Crippen molar-refractivity contribution >= 4 is 12.3 Å². The number of carbonyl (C=O) groups excluding carboxylic acids is 2. The van der Waals surface area contributed by atoms with Crippen LogP contribution >= 0.6 is 0 Å². The molecule has 0 heterocycles. The number of aryl methyl sites for hydroxylation is 1. The average Bonchev–Trinajstić information content (AvgIpc) is 3.02. The predicted octanol–water partition coefficient (Wildman–Crippen LogP) is 7.92. The molecule has 0 fully saturated rings. The van der Waals surface area contributed by atoms with E-state index in [9.17, 15) is 9.59 Å². The third kappa shape index (κ3) is 11.6. The van der Waals surface area contributed by atoms with Crippen molar-refractivity contribution in [2.75, 3.05) is 13.2 Å². The van der Waals surface area contributed by atoms with Gasteiger partial charge in [-0.25, -0.2) is 4.79 Å². The zero-order chi connectivity index (χ0) is 29.3. The van der Waals surface area contributed by atoms with Crippen molar-refractivity contribution < 1.29 is 50.2 Å². The van der Waals surface area contributed by atoms with Gasteiger partial charge in [0.2, 0.25) is 0 Å². The predicted molar refractivity (Wildman–Crippen MR) is 165 cm³/mol. The Morgan fingerprint density at radius 2 is 1.62 bits per heavy atom. The molecule has 0 aromatic heterocycles. The van der Waals surface area contributed by atoms with Crippen LogP contribution in [0.25, 0.3) is 22.3 Å². The molecule has 0 saturated heterocycles. The molecule has 0 amide bonds. The minimum Gasteiger partial charge on any atom is -0.496 e. The quantitative estimate of drug-likeness (QED) is 0.0540. The fraction of sp³-hybridized carbons (Fsp3) is 0.189. The number of benzene rings is 4. The molecule has 0 saturated carbocycles. The van der Waals surface area contributed by atoms with E-state index >= 15 is 0 Å². The van der Waals surface area contributed by atoms with Crippen LogP contribution in [0.4, 0.5) is 0 Å². The van der Waals surface area contributed by atoms with E-state index in [0.717, 1.165) is 24.5 Å².